The molecule has 3 rings (SSSR count). The fraction of sp³-hybridized carbons (Fsp3) is 0.429. The maximum Gasteiger partial charge on any atom is 0.432 e. The summed E-state index contributed by atoms with van der Waals surface area (Å²) in [6, 6.07) is 6.65. The van der Waals surface area contributed by atoms with E-state index in [9.17, 15) is 19.2 Å². The Labute approximate surface area is 179 Å². The lowest BCUT2D eigenvalue weighted by Crippen LogP contribution is -2.36. The first-order valence-corrected chi connectivity index (χ1v) is 10.2. The van der Waals surface area contributed by atoms with E-state index in [0.717, 1.165) is 29.6 Å². The lowest BCUT2D eigenvalue weighted by molar-refractivity contribution is -0.171. The van der Waals surface area contributed by atoms with Crippen LogP contribution in [0.3, 0.4) is 0 Å². The molecule has 2 aromatic rings. The van der Waals surface area contributed by atoms with Gasteiger partial charge in [-0.1, -0.05) is 19.9 Å². The topological polar surface area (TPSA) is 121 Å². The van der Waals surface area contributed by atoms with E-state index in [-0.39, 0.29) is 19.4 Å². The molecular weight excluding hydrogens is 404 g/mol. The molecule has 1 fully saturated rings. The van der Waals surface area contributed by atoms with Gasteiger partial charge in [0.2, 0.25) is 0 Å². The lowest BCUT2D eigenvalue weighted by atomic mass is 10.1. The van der Waals surface area contributed by atoms with Crippen LogP contribution < -0.4 is 16.3 Å². The van der Waals surface area contributed by atoms with Gasteiger partial charge in [0.1, 0.15) is 5.58 Å². The van der Waals surface area contributed by atoms with Gasteiger partial charge in [0.15, 0.2) is 0 Å². The van der Waals surface area contributed by atoms with Crippen molar-refractivity contribution in [2.75, 3.05) is 19.8 Å². The second-order valence-corrected chi connectivity index (χ2v) is 7.12. The van der Waals surface area contributed by atoms with E-state index >= 15 is 0 Å². The summed E-state index contributed by atoms with van der Waals surface area (Å²) in [6.45, 7) is 7.28. The minimum atomic E-state index is -0.899. The number of nitrogens with one attached hydrogen (secondary N) is 2. The molecule has 0 spiro atoms. The van der Waals surface area contributed by atoms with Crippen molar-refractivity contribution < 1.29 is 23.6 Å². The fourth-order valence-corrected chi connectivity index (χ4v) is 3.27. The molecular formula is C21H26N4O6. The zero-order valence-corrected chi connectivity index (χ0v) is 17.6. The van der Waals surface area contributed by atoms with Gasteiger partial charge in [0.05, 0.1) is 0 Å². The fourth-order valence-electron chi connectivity index (χ4n) is 3.27. The molecule has 0 bridgehead atoms. The van der Waals surface area contributed by atoms with Crippen LogP contribution in [0.15, 0.2) is 33.5 Å². The van der Waals surface area contributed by atoms with Crippen molar-refractivity contribution in [3.05, 3.63) is 45.8 Å². The van der Waals surface area contributed by atoms with Gasteiger partial charge in [-0.3, -0.25) is 14.5 Å². The number of fused-ring (bicyclic) bond motifs is 1. The Morgan fingerprint density at radius 3 is 2.48 bits per heavy atom. The van der Waals surface area contributed by atoms with E-state index < -0.39 is 23.5 Å². The van der Waals surface area contributed by atoms with E-state index in [1.54, 1.807) is 12.1 Å². The molecule has 1 aromatic heterocycles. The number of hydrogen-bond acceptors (Lipinski definition) is 8. The summed E-state index contributed by atoms with van der Waals surface area (Å²) in [7, 11) is 0. The van der Waals surface area contributed by atoms with Crippen molar-refractivity contribution in [2.45, 2.75) is 39.8 Å². The molecule has 0 radical (unpaired) electrons. The highest BCUT2D eigenvalue weighted by atomic mass is 16.7. The number of carbonyl (C=O) groups is 3. The molecule has 10 heteroatoms. The summed E-state index contributed by atoms with van der Waals surface area (Å²) < 4.78 is 5.28. The molecule has 2 N–H and O–H groups in total. The number of carbonyl (C=O) groups excluding carboxylic acids is 3. The molecule has 2 heterocycles. The molecule has 0 atom stereocenters. The predicted octanol–water partition coefficient (Wildman–Crippen LogP) is 1.47. The van der Waals surface area contributed by atoms with Gasteiger partial charge < -0.3 is 19.9 Å². The summed E-state index contributed by atoms with van der Waals surface area (Å²) in [5.74, 6) is -1.08. The first-order chi connectivity index (χ1) is 14.9. The van der Waals surface area contributed by atoms with Gasteiger partial charge in [-0.15, -0.1) is 5.06 Å². The third-order valence-corrected chi connectivity index (χ3v) is 5.05. The Balaban J connectivity index is 1.67. The van der Waals surface area contributed by atoms with Crippen molar-refractivity contribution in [1.29, 1.82) is 0 Å². The van der Waals surface area contributed by atoms with Crippen LogP contribution in [0.5, 0.6) is 0 Å². The molecule has 0 saturated carbocycles. The molecule has 1 aliphatic rings. The van der Waals surface area contributed by atoms with Gasteiger partial charge in [-0.25, -0.2) is 9.59 Å². The van der Waals surface area contributed by atoms with Crippen LogP contribution in [0.4, 0.5) is 4.79 Å². The van der Waals surface area contributed by atoms with Gasteiger partial charge in [-0.2, -0.15) is 0 Å². The highest BCUT2D eigenvalue weighted by Crippen LogP contribution is 2.19. The molecule has 1 aliphatic heterocycles. The zero-order valence-electron chi connectivity index (χ0n) is 17.6. The number of imide groups is 1. The second kappa shape index (κ2) is 10.2. The van der Waals surface area contributed by atoms with E-state index in [0.29, 0.717) is 23.9 Å². The third kappa shape index (κ3) is 5.68. The molecule has 3 amide bonds. The Hall–Kier alpha value is -3.24. The average molecular weight is 430 g/mol. The molecule has 1 aromatic carbocycles. The highest BCUT2D eigenvalue weighted by Gasteiger charge is 2.32. The summed E-state index contributed by atoms with van der Waals surface area (Å²) in [6.07, 6.45) is -0.829. The SMILES string of the molecule is CCN(CC)CNCc1cc(=O)oc2ccc(CNC(=O)ON3C(=O)CCC3=O)cc12. The molecule has 10 nitrogen and oxygen atoms in total. The second-order valence-electron chi connectivity index (χ2n) is 7.12. The van der Waals surface area contributed by atoms with Crippen molar-refractivity contribution in [3.8, 4) is 0 Å². The average Bonchev–Trinajstić information content (AvgIpc) is 3.07. The van der Waals surface area contributed by atoms with Crippen LogP contribution in [-0.4, -0.2) is 47.6 Å². The first kappa shape index (κ1) is 22.4. The molecule has 166 valence electrons. The van der Waals surface area contributed by atoms with Crippen molar-refractivity contribution in [2.24, 2.45) is 0 Å². The van der Waals surface area contributed by atoms with E-state index in [1.807, 2.05) is 6.07 Å². The van der Waals surface area contributed by atoms with Gasteiger partial charge in [0.25, 0.3) is 11.8 Å². The number of amides is 3. The molecule has 0 aliphatic carbocycles. The van der Waals surface area contributed by atoms with Gasteiger partial charge in [-0.05, 0) is 36.3 Å². The number of hydroxylamine groups is 2. The standard InChI is InChI=1S/C21H26N4O6/c1-3-24(4-2)13-22-12-15-10-20(28)30-17-6-5-14(9-16(15)17)11-23-21(29)31-25-18(26)7-8-19(25)27/h5-6,9-10,22H,3-4,7-8,11-13H2,1-2H3,(H,23,29). The van der Waals surface area contributed by atoms with Crippen LogP contribution in [-0.2, 0) is 27.5 Å². The normalized spacial score (nSPS) is 14.0. The lowest BCUT2D eigenvalue weighted by Gasteiger charge is -2.18. The smallest absolute Gasteiger partial charge is 0.423 e. The summed E-state index contributed by atoms with van der Waals surface area (Å²) in [5, 5.41) is 7.09. The quantitative estimate of drug-likeness (QED) is 0.349. The maximum atomic E-state index is 11.9. The Kier molecular flexibility index (Phi) is 7.37. The van der Waals surface area contributed by atoms with Crippen LogP contribution in [0.2, 0.25) is 0 Å². The van der Waals surface area contributed by atoms with Crippen LogP contribution in [0, 0.1) is 0 Å². The number of nitrogens with zero attached hydrogens (tertiary/aromatic N) is 2. The van der Waals surface area contributed by atoms with E-state index in [1.165, 1.54) is 6.07 Å². The molecule has 1 saturated heterocycles. The van der Waals surface area contributed by atoms with Crippen LogP contribution in [0.1, 0.15) is 37.8 Å². The Bertz CT molecular complexity index is 1010. The first-order valence-electron chi connectivity index (χ1n) is 10.2. The van der Waals surface area contributed by atoms with Crippen LogP contribution >= 0.6 is 0 Å². The number of benzene rings is 1. The largest absolute Gasteiger partial charge is 0.432 e. The number of rotatable bonds is 9. The van der Waals surface area contributed by atoms with Gasteiger partial charge >= 0.3 is 11.7 Å². The van der Waals surface area contributed by atoms with Crippen LogP contribution in [0.25, 0.3) is 11.0 Å². The Morgan fingerprint density at radius 1 is 1.10 bits per heavy atom. The third-order valence-electron chi connectivity index (χ3n) is 5.05. The summed E-state index contributed by atoms with van der Waals surface area (Å²) in [5.41, 5.74) is 1.55. The molecule has 31 heavy (non-hydrogen) atoms. The number of hydrogen-bond donors (Lipinski definition) is 2. The predicted molar refractivity (Wildman–Crippen MR) is 112 cm³/mol. The minimum Gasteiger partial charge on any atom is -0.423 e. The summed E-state index contributed by atoms with van der Waals surface area (Å²) >= 11 is 0. The van der Waals surface area contributed by atoms with Crippen molar-refractivity contribution in [3.63, 3.8) is 0 Å². The zero-order chi connectivity index (χ0) is 22.4. The van der Waals surface area contributed by atoms with E-state index in [2.05, 4.69) is 29.4 Å². The minimum absolute atomic E-state index is 0.0348. The maximum absolute atomic E-state index is 11.9. The monoisotopic (exact) mass is 430 g/mol. The summed E-state index contributed by atoms with van der Waals surface area (Å²) in [4.78, 5) is 53.9. The van der Waals surface area contributed by atoms with Crippen molar-refractivity contribution >= 4 is 28.9 Å². The van der Waals surface area contributed by atoms with Crippen molar-refractivity contribution in [1.82, 2.24) is 20.6 Å². The highest BCUT2D eigenvalue weighted by molar-refractivity contribution is 6.01. The van der Waals surface area contributed by atoms with E-state index in [4.69, 9.17) is 9.25 Å². The van der Waals surface area contributed by atoms with Gasteiger partial charge in [0, 0.05) is 44.1 Å². The Morgan fingerprint density at radius 2 is 1.81 bits per heavy atom. The molecule has 0 unspecified atom stereocenters.